The quantitative estimate of drug-likeness (QED) is 0.436. The van der Waals surface area contributed by atoms with Crippen LogP contribution in [0.5, 0.6) is 0 Å². The van der Waals surface area contributed by atoms with E-state index in [0.717, 1.165) is 25.1 Å². The molecule has 150 valence electrons. The molecule has 1 aliphatic heterocycles. The first-order chi connectivity index (χ1) is 14.2. The van der Waals surface area contributed by atoms with Crippen LogP contribution in [0.15, 0.2) is 60.8 Å². The second kappa shape index (κ2) is 8.52. The van der Waals surface area contributed by atoms with Crippen molar-refractivity contribution in [3.63, 3.8) is 0 Å². The second-order valence-electron chi connectivity index (χ2n) is 7.24. The SMILES string of the molecule is O=C(NO)c1ccc(-c2cn([C@@H]3C[C@H](CO)N(Cc4ccccc4)C3)nn2)cc1. The van der Waals surface area contributed by atoms with E-state index < -0.39 is 5.91 Å². The highest BCUT2D eigenvalue weighted by atomic mass is 16.5. The number of aliphatic hydroxyl groups excluding tert-OH is 1. The summed E-state index contributed by atoms with van der Waals surface area (Å²) in [5.41, 5.74) is 4.75. The molecule has 8 heteroatoms. The maximum atomic E-state index is 11.4. The predicted molar refractivity (Wildman–Crippen MR) is 106 cm³/mol. The highest BCUT2D eigenvalue weighted by Gasteiger charge is 2.33. The number of hydrogen-bond acceptors (Lipinski definition) is 6. The monoisotopic (exact) mass is 393 g/mol. The Hall–Kier alpha value is -3.07. The Bertz CT molecular complexity index is 958. The summed E-state index contributed by atoms with van der Waals surface area (Å²) in [6.07, 6.45) is 2.70. The highest BCUT2D eigenvalue weighted by molar-refractivity contribution is 5.93. The normalized spacial score (nSPS) is 19.4. The molecule has 3 aromatic rings. The van der Waals surface area contributed by atoms with Crippen LogP contribution in [0.3, 0.4) is 0 Å². The Morgan fingerprint density at radius 2 is 1.90 bits per heavy atom. The molecule has 1 amide bonds. The summed E-state index contributed by atoms with van der Waals surface area (Å²) in [6, 6.07) is 17.2. The zero-order valence-electron chi connectivity index (χ0n) is 15.8. The molecule has 29 heavy (non-hydrogen) atoms. The molecule has 0 aliphatic carbocycles. The lowest BCUT2D eigenvalue weighted by Crippen LogP contribution is -2.31. The summed E-state index contributed by atoms with van der Waals surface area (Å²) < 4.78 is 1.86. The average Bonchev–Trinajstić information content (AvgIpc) is 3.41. The second-order valence-corrected chi connectivity index (χ2v) is 7.24. The standard InChI is InChI=1S/C21H23N5O3/c27-14-19-10-18(12-25(19)11-15-4-2-1-3-5-15)26-13-20(22-24-26)16-6-8-17(9-7-16)21(28)23-29/h1-9,13,18-19,27,29H,10-12,14H2,(H,23,28)/t18-,19-/m1/s1. The number of likely N-dealkylation sites (tertiary alicyclic amines) is 1. The Labute approximate surface area is 168 Å². The van der Waals surface area contributed by atoms with Crippen LogP contribution in [0.1, 0.15) is 28.4 Å². The number of nitrogens with one attached hydrogen (secondary N) is 1. The maximum absolute atomic E-state index is 11.4. The molecule has 1 saturated heterocycles. The molecule has 1 aliphatic rings. The number of nitrogens with zero attached hydrogens (tertiary/aromatic N) is 4. The van der Waals surface area contributed by atoms with Crippen molar-refractivity contribution in [2.75, 3.05) is 13.2 Å². The van der Waals surface area contributed by atoms with Gasteiger partial charge in [-0.05, 0) is 24.1 Å². The summed E-state index contributed by atoms with van der Waals surface area (Å²) in [7, 11) is 0. The van der Waals surface area contributed by atoms with Crippen LogP contribution in [0.25, 0.3) is 11.3 Å². The number of carbonyl (C=O) groups excluding carboxylic acids is 1. The van der Waals surface area contributed by atoms with Gasteiger partial charge in [-0.2, -0.15) is 0 Å². The van der Waals surface area contributed by atoms with Gasteiger partial charge in [-0.25, -0.2) is 10.2 Å². The first-order valence-corrected chi connectivity index (χ1v) is 9.53. The van der Waals surface area contributed by atoms with Crippen LogP contribution in [0, 0.1) is 0 Å². The molecule has 2 heterocycles. The van der Waals surface area contributed by atoms with E-state index in [1.807, 2.05) is 29.1 Å². The first kappa shape index (κ1) is 19.3. The minimum absolute atomic E-state index is 0.0872. The Morgan fingerprint density at radius 3 is 2.59 bits per heavy atom. The number of benzene rings is 2. The van der Waals surface area contributed by atoms with Gasteiger partial charge in [0.2, 0.25) is 0 Å². The van der Waals surface area contributed by atoms with E-state index in [-0.39, 0.29) is 18.7 Å². The minimum atomic E-state index is -0.556. The molecule has 2 atom stereocenters. The smallest absolute Gasteiger partial charge is 0.274 e. The van der Waals surface area contributed by atoms with Crippen LogP contribution in [0.2, 0.25) is 0 Å². The van der Waals surface area contributed by atoms with Crippen molar-refractivity contribution in [2.45, 2.75) is 25.0 Å². The van der Waals surface area contributed by atoms with Gasteiger partial charge in [0.15, 0.2) is 0 Å². The van der Waals surface area contributed by atoms with Gasteiger partial charge in [-0.15, -0.1) is 5.10 Å². The molecule has 0 saturated carbocycles. The van der Waals surface area contributed by atoms with Crippen LogP contribution in [0.4, 0.5) is 0 Å². The molecule has 1 fully saturated rings. The third kappa shape index (κ3) is 4.19. The molecule has 1 aromatic heterocycles. The fourth-order valence-corrected chi connectivity index (χ4v) is 3.80. The van der Waals surface area contributed by atoms with Crippen molar-refractivity contribution in [1.29, 1.82) is 0 Å². The average molecular weight is 393 g/mol. The molecule has 0 spiro atoms. The van der Waals surface area contributed by atoms with Crippen LogP contribution >= 0.6 is 0 Å². The lowest BCUT2D eigenvalue weighted by molar-refractivity contribution is 0.0706. The van der Waals surface area contributed by atoms with Crippen molar-refractivity contribution in [1.82, 2.24) is 25.4 Å². The predicted octanol–water partition coefficient (Wildman–Crippen LogP) is 1.87. The van der Waals surface area contributed by atoms with Gasteiger partial charge in [-0.3, -0.25) is 14.9 Å². The molecular formula is C21H23N5O3. The molecule has 0 unspecified atom stereocenters. The van der Waals surface area contributed by atoms with Gasteiger partial charge < -0.3 is 5.11 Å². The highest BCUT2D eigenvalue weighted by Crippen LogP contribution is 2.29. The summed E-state index contributed by atoms with van der Waals surface area (Å²) in [5.74, 6) is -0.556. The van der Waals surface area contributed by atoms with Gasteiger partial charge in [-0.1, -0.05) is 47.7 Å². The molecule has 8 nitrogen and oxygen atoms in total. The third-order valence-electron chi connectivity index (χ3n) is 5.37. The molecule has 3 N–H and O–H groups in total. The van der Waals surface area contributed by atoms with Crippen molar-refractivity contribution < 1.29 is 15.1 Å². The lowest BCUT2D eigenvalue weighted by Gasteiger charge is -2.22. The number of aromatic nitrogens is 3. The number of hydroxylamine groups is 1. The van der Waals surface area contributed by atoms with E-state index in [1.165, 1.54) is 5.56 Å². The summed E-state index contributed by atoms with van der Waals surface area (Å²) in [5, 5.41) is 27.1. The summed E-state index contributed by atoms with van der Waals surface area (Å²) in [6.45, 7) is 1.69. The topological polar surface area (TPSA) is 104 Å². The van der Waals surface area contributed by atoms with Gasteiger partial charge in [0.05, 0.1) is 18.8 Å². The minimum Gasteiger partial charge on any atom is -0.395 e. The molecule has 4 rings (SSSR count). The van der Waals surface area contributed by atoms with E-state index in [2.05, 4.69) is 27.3 Å². The number of hydrogen-bond donors (Lipinski definition) is 3. The van der Waals surface area contributed by atoms with E-state index in [4.69, 9.17) is 5.21 Å². The van der Waals surface area contributed by atoms with Gasteiger partial charge in [0, 0.05) is 30.3 Å². The van der Waals surface area contributed by atoms with Crippen LogP contribution in [-0.4, -0.2) is 55.3 Å². The fourth-order valence-electron chi connectivity index (χ4n) is 3.80. The molecule has 2 aromatic carbocycles. The molecular weight excluding hydrogens is 370 g/mol. The largest absolute Gasteiger partial charge is 0.395 e. The van der Waals surface area contributed by atoms with E-state index >= 15 is 0 Å². The van der Waals surface area contributed by atoms with Crippen molar-refractivity contribution >= 4 is 5.91 Å². The first-order valence-electron chi connectivity index (χ1n) is 9.53. The number of carbonyl (C=O) groups is 1. The summed E-state index contributed by atoms with van der Waals surface area (Å²) in [4.78, 5) is 13.7. The zero-order valence-corrected chi connectivity index (χ0v) is 15.8. The van der Waals surface area contributed by atoms with Crippen molar-refractivity contribution in [3.8, 4) is 11.3 Å². The van der Waals surface area contributed by atoms with Crippen molar-refractivity contribution in [3.05, 3.63) is 71.9 Å². The summed E-state index contributed by atoms with van der Waals surface area (Å²) >= 11 is 0. The number of amides is 1. The van der Waals surface area contributed by atoms with Crippen LogP contribution in [-0.2, 0) is 6.54 Å². The van der Waals surface area contributed by atoms with E-state index in [1.54, 1.807) is 29.7 Å². The maximum Gasteiger partial charge on any atom is 0.274 e. The Balaban J connectivity index is 1.47. The fraction of sp³-hybridized carbons (Fsp3) is 0.286. The lowest BCUT2D eigenvalue weighted by atomic mass is 10.1. The van der Waals surface area contributed by atoms with Crippen LogP contribution < -0.4 is 5.48 Å². The molecule has 0 bridgehead atoms. The van der Waals surface area contributed by atoms with E-state index in [9.17, 15) is 9.90 Å². The Morgan fingerprint density at radius 1 is 1.14 bits per heavy atom. The zero-order chi connectivity index (χ0) is 20.2. The van der Waals surface area contributed by atoms with Gasteiger partial charge in [0.1, 0.15) is 5.69 Å². The van der Waals surface area contributed by atoms with Crippen molar-refractivity contribution in [2.24, 2.45) is 0 Å². The number of aliphatic hydroxyl groups is 1. The number of rotatable bonds is 6. The Kier molecular flexibility index (Phi) is 5.66. The van der Waals surface area contributed by atoms with E-state index in [0.29, 0.717) is 11.3 Å². The van der Waals surface area contributed by atoms with Gasteiger partial charge in [0.25, 0.3) is 5.91 Å². The van der Waals surface area contributed by atoms with Gasteiger partial charge >= 0.3 is 0 Å². The third-order valence-corrected chi connectivity index (χ3v) is 5.37. The molecule has 0 radical (unpaired) electrons.